The second-order valence-electron chi connectivity index (χ2n) is 6.14. The number of halogens is 2. The number of amides is 4. The molecule has 1 aliphatic carbocycles. The number of urea groups is 1. The summed E-state index contributed by atoms with van der Waals surface area (Å²) < 4.78 is 13.1. The van der Waals surface area contributed by atoms with E-state index in [2.05, 4.69) is 10.6 Å². The summed E-state index contributed by atoms with van der Waals surface area (Å²) >= 11 is 5.66. The molecule has 1 saturated carbocycles. The van der Waals surface area contributed by atoms with E-state index in [0.29, 0.717) is 18.5 Å². The van der Waals surface area contributed by atoms with Crippen LogP contribution in [0, 0.1) is 5.82 Å². The first-order valence-corrected chi connectivity index (χ1v) is 8.18. The minimum atomic E-state index is -0.852. The standard InChI is InChI=1S/C16H17ClFN3O3/c17-11-8-10(4-5-12(11)18)19-13(22)9-21-14(23)16(20-15(21)24)6-2-1-3-7-16/h4-5,8H,1-3,6-7,9H2,(H,19,22)(H,20,24). The van der Waals surface area contributed by atoms with Gasteiger partial charge in [-0.15, -0.1) is 0 Å². The van der Waals surface area contributed by atoms with Gasteiger partial charge in [0.2, 0.25) is 5.91 Å². The lowest BCUT2D eigenvalue weighted by Crippen LogP contribution is -2.48. The SMILES string of the molecule is O=C(CN1C(=O)NC2(CCCCC2)C1=O)Nc1ccc(F)c(Cl)c1. The molecule has 2 aliphatic rings. The number of anilines is 1. The molecule has 4 amide bonds. The Morgan fingerprint density at radius 1 is 1.29 bits per heavy atom. The van der Waals surface area contributed by atoms with Gasteiger partial charge in [-0.05, 0) is 31.0 Å². The molecule has 2 N–H and O–H groups in total. The molecule has 0 bridgehead atoms. The van der Waals surface area contributed by atoms with Crippen LogP contribution in [0.2, 0.25) is 5.02 Å². The number of hydrogen-bond donors (Lipinski definition) is 2. The Morgan fingerprint density at radius 3 is 2.67 bits per heavy atom. The number of nitrogens with one attached hydrogen (secondary N) is 2. The van der Waals surface area contributed by atoms with E-state index in [1.54, 1.807) is 0 Å². The first-order chi connectivity index (χ1) is 11.4. The van der Waals surface area contributed by atoms with Gasteiger partial charge in [-0.25, -0.2) is 9.18 Å². The van der Waals surface area contributed by atoms with Crippen molar-refractivity contribution >= 4 is 35.1 Å². The Balaban J connectivity index is 1.66. The maximum atomic E-state index is 13.1. The second kappa shape index (κ2) is 6.39. The van der Waals surface area contributed by atoms with E-state index in [1.165, 1.54) is 12.1 Å². The second-order valence-corrected chi connectivity index (χ2v) is 6.55. The fourth-order valence-electron chi connectivity index (χ4n) is 3.23. The summed E-state index contributed by atoms with van der Waals surface area (Å²) in [4.78, 5) is 37.7. The Bertz CT molecular complexity index is 704. The van der Waals surface area contributed by atoms with Gasteiger partial charge in [-0.1, -0.05) is 30.9 Å². The topological polar surface area (TPSA) is 78.5 Å². The van der Waals surface area contributed by atoms with Crippen molar-refractivity contribution in [1.29, 1.82) is 0 Å². The van der Waals surface area contributed by atoms with E-state index in [1.807, 2.05) is 0 Å². The first kappa shape index (κ1) is 16.7. The highest BCUT2D eigenvalue weighted by Gasteiger charge is 2.51. The number of imide groups is 1. The van der Waals surface area contributed by atoms with Crippen LogP contribution in [0.25, 0.3) is 0 Å². The molecule has 24 heavy (non-hydrogen) atoms. The lowest BCUT2D eigenvalue weighted by Gasteiger charge is -2.30. The lowest BCUT2D eigenvalue weighted by molar-refractivity contribution is -0.134. The summed E-state index contributed by atoms with van der Waals surface area (Å²) in [6.45, 7) is -0.387. The van der Waals surface area contributed by atoms with Crippen LogP contribution < -0.4 is 10.6 Å². The summed E-state index contributed by atoms with van der Waals surface area (Å²) in [7, 11) is 0. The van der Waals surface area contributed by atoms with Crippen LogP contribution in [0.4, 0.5) is 14.9 Å². The number of rotatable bonds is 3. The molecular weight excluding hydrogens is 337 g/mol. The van der Waals surface area contributed by atoms with Crippen molar-refractivity contribution in [3.8, 4) is 0 Å². The number of benzene rings is 1. The van der Waals surface area contributed by atoms with Crippen LogP contribution in [0.15, 0.2) is 18.2 Å². The number of carbonyl (C=O) groups excluding carboxylic acids is 3. The molecule has 1 saturated heterocycles. The van der Waals surface area contributed by atoms with Crippen molar-refractivity contribution in [3.05, 3.63) is 29.0 Å². The molecule has 1 heterocycles. The number of nitrogens with zero attached hydrogens (tertiary/aromatic N) is 1. The van der Waals surface area contributed by atoms with Crippen molar-refractivity contribution in [2.24, 2.45) is 0 Å². The Morgan fingerprint density at radius 2 is 2.00 bits per heavy atom. The molecule has 1 aromatic rings. The molecule has 1 spiro atoms. The average Bonchev–Trinajstić information content (AvgIpc) is 2.76. The van der Waals surface area contributed by atoms with E-state index in [4.69, 9.17) is 11.6 Å². The summed E-state index contributed by atoms with van der Waals surface area (Å²) in [5.41, 5.74) is -0.555. The highest BCUT2D eigenvalue weighted by atomic mass is 35.5. The summed E-state index contributed by atoms with van der Waals surface area (Å²) in [5.74, 6) is -1.49. The van der Waals surface area contributed by atoms with Gasteiger partial charge in [0.1, 0.15) is 17.9 Å². The van der Waals surface area contributed by atoms with Crippen molar-refractivity contribution < 1.29 is 18.8 Å². The molecule has 8 heteroatoms. The van der Waals surface area contributed by atoms with Gasteiger partial charge in [0.15, 0.2) is 0 Å². The molecule has 0 aromatic heterocycles. The zero-order chi connectivity index (χ0) is 17.3. The highest BCUT2D eigenvalue weighted by Crippen LogP contribution is 2.33. The van der Waals surface area contributed by atoms with Crippen LogP contribution in [-0.2, 0) is 9.59 Å². The minimum Gasteiger partial charge on any atom is -0.324 e. The molecule has 0 atom stereocenters. The Kier molecular flexibility index (Phi) is 4.45. The van der Waals surface area contributed by atoms with Gasteiger partial charge in [0, 0.05) is 5.69 Å². The zero-order valence-electron chi connectivity index (χ0n) is 12.9. The number of hydrogen-bond acceptors (Lipinski definition) is 3. The summed E-state index contributed by atoms with van der Waals surface area (Å²) in [5, 5.41) is 5.13. The smallest absolute Gasteiger partial charge is 0.324 e. The normalized spacial score (nSPS) is 19.5. The maximum Gasteiger partial charge on any atom is 0.325 e. The largest absolute Gasteiger partial charge is 0.325 e. The maximum absolute atomic E-state index is 13.1. The zero-order valence-corrected chi connectivity index (χ0v) is 13.7. The van der Waals surface area contributed by atoms with E-state index >= 15 is 0 Å². The van der Waals surface area contributed by atoms with Gasteiger partial charge in [0.05, 0.1) is 5.02 Å². The Labute approximate surface area is 143 Å². The Hall–Kier alpha value is -2.15. The fourth-order valence-corrected chi connectivity index (χ4v) is 3.41. The molecule has 6 nitrogen and oxygen atoms in total. The molecule has 2 fully saturated rings. The van der Waals surface area contributed by atoms with Crippen LogP contribution in [-0.4, -0.2) is 34.8 Å². The lowest BCUT2D eigenvalue weighted by atomic mass is 9.82. The van der Waals surface area contributed by atoms with Crippen LogP contribution in [0.1, 0.15) is 32.1 Å². The minimum absolute atomic E-state index is 0.121. The predicted molar refractivity (Wildman–Crippen MR) is 86.1 cm³/mol. The third kappa shape index (κ3) is 3.08. The molecule has 0 radical (unpaired) electrons. The predicted octanol–water partition coefficient (Wildman–Crippen LogP) is 2.67. The monoisotopic (exact) mass is 353 g/mol. The highest BCUT2D eigenvalue weighted by molar-refractivity contribution is 6.31. The summed E-state index contributed by atoms with van der Waals surface area (Å²) in [6, 6.07) is 3.20. The van der Waals surface area contributed by atoms with E-state index in [0.717, 1.165) is 30.2 Å². The molecule has 1 aliphatic heterocycles. The van der Waals surface area contributed by atoms with Crippen LogP contribution >= 0.6 is 11.6 Å². The van der Waals surface area contributed by atoms with Crippen molar-refractivity contribution in [2.75, 3.05) is 11.9 Å². The van der Waals surface area contributed by atoms with Gasteiger partial charge in [0.25, 0.3) is 5.91 Å². The molecule has 128 valence electrons. The van der Waals surface area contributed by atoms with Gasteiger partial charge < -0.3 is 10.6 Å². The van der Waals surface area contributed by atoms with E-state index in [-0.39, 0.29) is 17.5 Å². The van der Waals surface area contributed by atoms with E-state index in [9.17, 15) is 18.8 Å². The molecule has 0 unspecified atom stereocenters. The third-order valence-electron chi connectivity index (χ3n) is 4.46. The third-order valence-corrected chi connectivity index (χ3v) is 4.75. The fraction of sp³-hybridized carbons (Fsp3) is 0.438. The molecule has 1 aromatic carbocycles. The van der Waals surface area contributed by atoms with Crippen molar-refractivity contribution in [1.82, 2.24) is 10.2 Å². The van der Waals surface area contributed by atoms with E-state index < -0.39 is 23.3 Å². The quantitative estimate of drug-likeness (QED) is 0.820. The number of carbonyl (C=O) groups is 3. The van der Waals surface area contributed by atoms with Crippen molar-refractivity contribution in [3.63, 3.8) is 0 Å². The van der Waals surface area contributed by atoms with Crippen LogP contribution in [0.5, 0.6) is 0 Å². The van der Waals surface area contributed by atoms with Crippen molar-refractivity contribution in [2.45, 2.75) is 37.6 Å². The van der Waals surface area contributed by atoms with Crippen LogP contribution in [0.3, 0.4) is 0 Å². The van der Waals surface area contributed by atoms with Gasteiger partial charge >= 0.3 is 6.03 Å². The molecule has 3 rings (SSSR count). The summed E-state index contributed by atoms with van der Waals surface area (Å²) in [6.07, 6.45) is 3.99. The first-order valence-electron chi connectivity index (χ1n) is 7.80. The van der Waals surface area contributed by atoms with Gasteiger partial charge in [-0.2, -0.15) is 0 Å². The average molecular weight is 354 g/mol. The van der Waals surface area contributed by atoms with Gasteiger partial charge in [-0.3, -0.25) is 14.5 Å². The molecular formula is C16H17ClFN3O3.